The van der Waals surface area contributed by atoms with Crippen molar-refractivity contribution in [2.75, 3.05) is 12.1 Å². The number of benzene rings is 3. The first-order chi connectivity index (χ1) is 15.1. The lowest BCUT2D eigenvalue weighted by Gasteiger charge is -2.11. The fraction of sp³-hybridized carbons (Fsp3) is 0.0833. The van der Waals surface area contributed by atoms with E-state index in [4.69, 9.17) is 9.47 Å². The van der Waals surface area contributed by atoms with Crippen molar-refractivity contribution in [1.82, 2.24) is 5.32 Å². The van der Waals surface area contributed by atoms with Crippen LogP contribution in [-0.4, -0.2) is 18.6 Å². The molecule has 4 rings (SSSR count). The van der Waals surface area contributed by atoms with Crippen LogP contribution in [0.1, 0.15) is 21.5 Å². The van der Waals surface area contributed by atoms with E-state index in [1.165, 1.54) is 18.2 Å². The van der Waals surface area contributed by atoms with Crippen LogP contribution in [0.4, 0.5) is 10.1 Å². The Hall–Kier alpha value is -4.13. The third kappa shape index (κ3) is 4.90. The standard InChI is InChI=1S/C24H19FN2O4/c25-19-7-3-1-5-17(19)10-12-23(28)27-20-8-4-2-6-18(20)24(29)26-14-16-9-11-21-22(13-16)31-15-30-21/h1-13H,14-15H2,(H,26,29)(H,27,28)/b12-10+. The van der Waals surface area contributed by atoms with Gasteiger partial charge in [-0.2, -0.15) is 0 Å². The zero-order chi connectivity index (χ0) is 21.6. The molecule has 0 saturated carbocycles. The van der Waals surface area contributed by atoms with Crippen LogP contribution >= 0.6 is 0 Å². The molecule has 6 nitrogen and oxygen atoms in total. The van der Waals surface area contributed by atoms with Crippen molar-refractivity contribution in [1.29, 1.82) is 0 Å². The van der Waals surface area contributed by atoms with Gasteiger partial charge in [-0.05, 0) is 42.0 Å². The van der Waals surface area contributed by atoms with Crippen LogP contribution in [0.25, 0.3) is 6.08 Å². The second kappa shape index (κ2) is 9.13. The van der Waals surface area contributed by atoms with Crippen LogP contribution in [0.15, 0.2) is 72.8 Å². The summed E-state index contributed by atoms with van der Waals surface area (Å²) in [6.45, 7) is 0.467. The van der Waals surface area contributed by atoms with E-state index in [0.717, 1.165) is 5.56 Å². The second-order valence-electron chi connectivity index (χ2n) is 6.76. The first-order valence-corrected chi connectivity index (χ1v) is 9.59. The van der Waals surface area contributed by atoms with Crippen molar-refractivity contribution in [3.63, 3.8) is 0 Å². The maximum absolute atomic E-state index is 13.7. The van der Waals surface area contributed by atoms with Crippen molar-refractivity contribution >= 4 is 23.6 Å². The predicted octanol–water partition coefficient (Wildman–Crippen LogP) is 4.14. The molecule has 0 fully saturated rings. The van der Waals surface area contributed by atoms with Gasteiger partial charge < -0.3 is 20.1 Å². The Kier molecular flexibility index (Phi) is 5.93. The SMILES string of the molecule is O=C(/C=C/c1ccccc1F)Nc1ccccc1C(=O)NCc1ccc2c(c1)OCO2. The quantitative estimate of drug-likeness (QED) is 0.590. The van der Waals surface area contributed by atoms with Gasteiger partial charge in [0, 0.05) is 18.2 Å². The van der Waals surface area contributed by atoms with E-state index < -0.39 is 11.7 Å². The molecule has 1 heterocycles. The molecule has 0 aliphatic carbocycles. The largest absolute Gasteiger partial charge is 0.454 e. The molecule has 0 aromatic heterocycles. The number of nitrogens with one attached hydrogen (secondary N) is 2. The molecule has 31 heavy (non-hydrogen) atoms. The van der Waals surface area contributed by atoms with Crippen molar-refractivity contribution in [2.45, 2.75) is 6.54 Å². The third-order valence-corrected chi connectivity index (χ3v) is 4.64. The topological polar surface area (TPSA) is 76.7 Å². The maximum atomic E-state index is 13.7. The molecule has 0 saturated heterocycles. The van der Waals surface area contributed by atoms with Gasteiger partial charge >= 0.3 is 0 Å². The van der Waals surface area contributed by atoms with Crippen LogP contribution in [-0.2, 0) is 11.3 Å². The number of hydrogen-bond donors (Lipinski definition) is 2. The number of para-hydroxylation sites is 1. The number of ether oxygens (including phenoxy) is 2. The molecule has 156 valence electrons. The van der Waals surface area contributed by atoms with E-state index in [1.54, 1.807) is 48.5 Å². The van der Waals surface area contributed by atoms with Gasteiger partial charge in [0.25, 0.3) is 5.91 Å². The number of hydrogen-bond acceptors (Lipinski definition) is 4. The first kappa shape index (κ1) is 20.2. The monoisotopic (exact) mass is 418 g/mol. The van der Waals surface area contributed by atoms with Gasteiger partial charge in [-0.3, -0.25) is 9.59 Å². The molecular formula is C24H19FN2O4. The number of carbonyl (C=O) groups excluding carboxylic acids is 2. The van der Waals surface area contributed by atoms with E-state index in [1.807, 2.05) is 12.1 Å². The van der Waals surface area contributed by atoms with E-state index in [9.17, 15) is 14.0 Å². The van der Waals surface area contributed by atoms with Gasteiger partial charge in [0.05, 0.1) is 11.3 Å². The lowest BCUT2D eigenvalue weighted by molar-refractivity contribution is -0.111. The number of fused-ring (bicyclic) bond motifs is 1. The normalized spacial score (nSPS) is 12.0. The number of anilines is 1. The molecule has 0 spiro atoms. The van der Waals surface area contributed by atoms with E-state index >= 15 is 0 Å². The lowest BCUT2D eigenvalue weighted by Crippen LogP contribution is -2.24. The Bertz CT molecular complexity index is 1160. The van der Waals surface area contributed by atoms with Gasteiger partial charge in [0.1, 0.15) is 5.82 Å². The molecule has 1 aliphatic heterocycles. The minimum Gasteiger partial charge on any atom is -0.454 e. The fourth-order valence-electron chi connectivity index (χ4n) is 3.07. The highest BCUT2D eigenvalue weighted by molar-refractivity contribution is 6.07. The molecule has 0 bridgehead atoms. The number of amides is 2. The summed E-state index contributed by atoms with van der Waals surface area (Å²) in [4.78, 5) is 25.0. The maximum Gasteiger partial charge on any atom is 0.253 e. The van der Waals surface area contributed by atoms with Crippen molar-refractivity contribution in [3.05, 3.63) is 95.3 Å². The zero-order valence-corrected chi connectivity index (χ0v) is 16.4. The molecule has 0 unspecified atom stereocenters. The minimum absolute atomic E-state index is 0.184. The summed E-state index contributed by atoms with van der Waals surface area (Å²) in [6.07, 6.45) is 2.60. The van der Waals surface area contributed by atoms with Gasteiger partial charge in [-0.1, -0.05) is 36.4 Å². The molecule has 1 aliphatic rings. The highest BCUT2D eigenvalue weighted by Gasteiger charge is 2.15. The van der Waals surface area contributed by atoms with Gasteiger partial charge in [0.15, 0.2) is 11.5 Å². The van der Waals surface area contributed by atoms with E-state index in [2.05, 4.69) is 10.6 Å². The zero-order valence-electron chi connectivity index (χ0n) is 16.4. The molecule has 0 radical (unpaired) electrons. The Morgan fingerprint density at radius 1 is 0.968 bits per heavy atom. The van der Waals surface area contributed by atoms with E-state index in [0.29, 0.717) is 28.3 Å². The Labute approximate surface area is 178 Å². The predicted molar refractivity (Wildman–Crippen MR) is 114 cm³/mol. The van der Waals surface area contributed by atoms with Crippen molar-refractivity contribution < 1.29 is 23.5 Å². The molecule has 3 aromatic rings. The highest BCUT2D eigenvalue weighted by atomic mass is 19.1. The van der Waals surface area contributed by atoms with Crippen LogP contribution < -0.4 is 20.1 Å². The van der Waals surface area contributed by atoms with Crippen molar-refractivity contribution in [2.24, 2.45) is 0 Å². The fourth-order valence-corrected chi connectivity index (χ4v) is 3.07. The summed E-state index contributed by atoms with van der Waals surface area (Å²) in [5, 5.41) is 5.50. The van der Waals surface area contributed by atoms with Crippen LogP contribution in [0.5, 0.6) is 11.5 Å². The Morgan fingerprint density at radius 3 is 2.61 bits per heavy atom. The average Bonchev–Trinajstić information content (AvgIpc) is 3.25. The lowest BCUT2D eigenvalue weighted by atomic mass is 10.1. The van der Waals surface area contributed by atoms with Crippen LogP contribution in [0.3, 0.4) is 0 Å². The highest BCUT2D eigenvalue weighted by Crippen LogP contribution is 2.32. The minimum atomic E-state index is -0.473. The molecule has 7 heteroatoms. The van der Waals surface area contributed by atoms with Crippen LogP contribution in [0.2, 0.25) is 0 Å². The Balaban J connectivity index is 1.41. The van der Waals surface area contributed by atoms with Gasteiger partial charge in [0.2, 0.25) is 12.7 Å². The number of halogens is 1. The molecule has 3 aromatic carbocycles. The summed E-state index contributed by atoms with van der Waals surface area (Å²) < 4.78 is 24.3. The van der Waals surface area contributed by atoms with Gasteiger partial charge in [-0.25, -0.2) is 4.39 Å². The first-order valence-electron chi connectivity index (χ1n) is 9.59. The summed E-state index contributed by atoms with van der Waals surface area (Å²) in [7, 11) is 0. The number of rotatable bonds is 6. The summed E-state index contributed by atoms with van der Waals surface area (Å²) in [5.41, 5.74) is 1.82. The summed E-state index contributed by atoms with van der Waals surface area (Å²) >= 11 is 0. The Morgan fingerprint density at radius 2 is 1.74 bits per heavy atom. The average molecular weight is 418 g/mol. The second-order valence-corrected chi connectivity index (χ2v) is 6.76. The third-order valence-electron chi connectivity index (χ3n) is 4.64. The molecule has 0 atom stereocenters. The molecule has 2 N–H and O–H groups in total. The number of carbonyl (C=O) groups is 2. The van der Waals surface area contributed by atoms with Gasteiger partial charge in [-0.15, -0.1) is 0 Å². The smallest absolute Gasteiger partial charge is 0.253 e. The molecule has 2 amide bonds. The van der Waals surface area contributed by atoms with Crippen molar-refractivity contribution in [3.8, 4) is 11.5 Å². The van der Waals surface area contributed by atoms with E-state index in [-0.39, 0.29) is 19.2 Å². The molecular weight excluding hydrogens is 399 g/mol. The summed E-state index contributed by atoms with van der Waals surface area (Å²) in [6, 6.07) is 18.2. The summed E-state index contributed by atoms with van der Waals surface area (Å²) in [5.74, 6) is 0.0772. The van der Waals surface area contributed by atoms with Crippen LogP contribution in [0, 0.1) is 5.82 Å².